The molecule has 0 amide bonds. The Balaban J connectivity index is 1.30. The SMILES string of the molecule is CCC[C@@]1(O)CC[C@]2(C)C3CCC4[C@@H](CC[C@@H]4[C@](C)(O)Cn4cc(C#N)cn4)[C@@H]3CC[C@@H]2C1. The Bertz CT molecular complexity index is 903. The highest BCUT2D eigenvalue weighted by Crippen LogP contribution is 2.65. The highest BCUT2D eigenvalue weighted by Gasteiger charge is 2.59. The van der Waals surface area contributed by atoms with E-state index in [1.165, 1.54) is 38.5 Å². The van der Waals surface area contributed by atoms with E-state index in [4.69, 9.17) is 5.26 Å². The van der Waals surface area contributed by atoms with Gasteiger partial charge in [-0.25, -0.2) is 0 Å². The highest BCUT2D eigenvalue weighted by atomic mass is 16.3. The van der Waals surface area contributed by atoms with Gasteiger partial charge in [-0.1, -0.05) is 20.3 Å². The van der Waals surface area contributed by atoms with Crippen LogP contribution in [0.15, 0.2) is 12.4 Å². The van der Waals surface area contributed by atoms with Crippen LogP contribution in [0.2, 0.25) is 0 Å². The molecule has 5 nitrogen and oxygen atoms in total. The van der Waals surface area contributed by atoms with Gasteiger partial charge in [-0.2, -0.15) is 10.4 Å². The zero-order chi connectivity index (χ0) is 23.4. The molecule has 4 aliphatic rings. The first-order chi connectivity index (χ1) is 15.7. The van der Waals surface area contributed by atoms with Crippen LogP contribution in [-0.2, 0) is 6.54 Å². The fourth-order valence-electron chi connectivity index (χ4n) is 9.40. The van der Waals surface area contributed by atoms with Crippen LogP contribution < -0.4 is 0 Å². The summed E-state index contributed by atoms with van der Waals surface area (Å²) in [5.74, 6) is 3.91. The van der Waals surface area contributed by atoms with Crippen molar-refractivity contribution >= 4 is 0 Å². The predicted octanol–water partition coefficient (Wildman–Crippen LogP) is 5.31. The number of rotatable bonds is 5. The zero-order valence-corrected chi connectivity index (χ0v) is 20.8. The fraction of sp³-hybridized carbons (Fsp3) is 0.857. The van der Waals surface area contributed by atoms with Crippen molar-refractivity contribution in [1.82, 2.24) is 9.78 Å². The number of nitrogens with zero attached hydrogens (tertiary/aromatic N) is 3. The van der Waals surface area contributed by atoms with Crippen LogP contribution in [0, 0.1) is 52.3 Å². The molecule has 4 aliphatic carbocycles. The first kappa shape index (κ1) is 23.4. The van der Waals surface area contributed by atoms with Gasteiger partial charge in [0.25, 0.3) is 0 Å². The van der Waals surface area contributed by atoms with E-state index in [0.717, 1.165) is 49.9 Å². The molecule has 9 atom stereocenters. The predicted molar refractivity (Wildman–Crippen MR) is 128 cm³/mol. The van der Waals surface area contributed by atoms with Gasteiger partial charge >= 0.3 is 0 Å². The van der Waals surface area contributed by atoms with Crippen molar-refractivity contribution in [2.75, 3.05) is 0 Å². The van der Waals surface area contributed by atoms with Crippen molar-refractivity contribution in [3.63, 3.8) is 0 Å². The molecule has 33 heavy (non-hydrogen) atoms. The van der Waals surface area contributed by atoms with E-state index in [2.05, 4.69) is 25.0 Å². The van der Waals surface area contributed by atoms with Crippen LogP contribution in [0.1, 0.15) is 97.0 Å². The standard InChI is InChI=1S/C28H43N3O2/c1-4-11-28(33)13-12-26(2)20(14-28)5-6-22-21-7-10-25(23(21)8-9-24(22)26)27(3,32)18-31-17-19(15-29)16-30-31/h16-17,20-25,32-33H,4-14,18H2,1-3H3/t20-,21+,22+,23?,24?,25+,26+,27-,28-/m1/s1. The van der Waals surface area contributed by atoms with E-state index >= 15 is 0 Å². The van der Waals surface area contributed by atoms with Gasteiger partial charge in [0.1, 0.15) is 6.07 Å². The van der Waals surface area contributed by atoms with Crippen molar-refractivity contribution in [1.29, 1.82) is 5.26 Å². The highest BCUT2D eigenvalue weighted by molar-refractivity contribution is 5.21. The molecule has 0 saturated heterocycles. The van der Waals surface area contributed by atoms with E-state index in [1.54, 1.807) is 17.1 Å². The first-order valence-electron chi connectivity index (χ1n) is 13.6. The molecule has 4 fully saturated rings. The van der Waals surface area contributed by atoms with E-state index in [0.29, 0.717) is 35.3 Å². The van der Waals surface area contributed by atoms with Crippen molar-refractivity contribution in [3.8, 4) is 6.07 Å². The molecule has 0 aliphatic heterocycles. The Morgan fingerprint density at radius 2 is 1.91 bits per heavy atom. The van der Waals surface area contributed by atoms with Gasteiger partial charge in [-0.3, -0.25) is 4.68 Å². The van der Waals surface area contributed by atoms with E-state index < -0.39 is 11.2 Å². The summed E-state index contributed by atoms with van der Waals surface area (Å²) in [5, 5.41) is 36.2. The van der Waals surface area contributed by atoms with Crippen molar-refractivity contribution in [3.05, 3.63) is 18.0 Å². The monoisotopic (exact) mass is 453 g/mol. The Morgan fingerprint density at radius 1 is 1.15 bits per heavy atom. The third kappa shape index (κ3) is 3.96. The molecule has 0 spiro atoms. The molecule has 1 aromatic rings. The molecule has 1 aromatic heterocycles. The Hall–Kier alpha value is -1.38. The second-order valence-electron chi connectivity index (χ2n) is 12.7. The lowest BCUT2D eigenvalue weighted by Gasteiger charge is -2.60. The smallest absolute Gasteiger partial charge is 0.102 e. The second-order valence-corrected chi connectivity index (χ2v) is 12.7. The third-order valence-electron chi connectivity index (χ3n) is 10.9. The van der Waals surface area contributed by atoms with Gasteiger partial charge in [0.15, 0.2) is 0 Å². The molecule has 4 saturated carbocycles. The molecule has 5 rings (SSSR count). The number of hydrogen-bond acceptors (Lipinski definition) is 4. The molecule has 0 bridgehead atoms. The molecule has 2 unspecified atom stereocenters. The van der Waals surface area contributed by atoms with E-state index in [1.807, 2.05) is 6.92 Å². The molecular weight excluding hydrogens is 410 g/mol. The third-order valence-corrected chi connectivity index (χ3v) is 10.9. The van der Waals surface area contributed by atoms with Crippen LogP contribution in [0.25, 0.3) is 0 Å². The fourth-order valence-corrected chi connectivity index (χ4v) is 9.40. The minimum atomic E-state index is -0.798. The molecule has 5 heteroatoms. The van der Waals surface area contributed by atoms with Crippen LogP contribution in [-0.4, -0.2) is 31.2 Å². The van der Waals surface area contributed by atoms with E-state index in [-0.39, 0.29) is 0 Å². The summed E-state index contributed by atoms with van der Waals surface area (Å²) in [7, 11) is 0. The van der Waals surface area contributed by atoms with Gasteiger partial charge in [0.05, 0.1) is 29.5 Å². The average Bonchev–Trinajstić information content (AvgIpc) is 3.41. The molecule has 2 N–H and O–H groups in total. The summed E-state index contributed by atoms with van der Waals surface area (Å²) in [6.07, 6.45) is 16.0. The lowest BCUT2D eigenvalue weighted by Crippen LogP contribution is -2.55. The summed E-state index contributed by atoms with van der Waals surface area (Å²) in [5.41, 5.74) is -0.276. The quantitative estimate of drug-likeness (QED) is 0.633. The van der Waals surface area contributed by atoms with Gasteiger partial charge in [0.2, 0.25) is 0 Å². The van der Waals surface area contributed by atoms with Crippen molar-refractivity contribution in [2.45, 2.75) is 109 Å². The average molecular weight is 454 g/mol. The van der Waals surface area contributed by atoms with Crippen LogP contribution >= 0.6 is 0 Å². The number of hydrogen-bond donors (Lipinski definition) is 2. The normalized spacial score (nSPS) is 44.2. The lowest BCUT2D eigenvalue weighted by atomic mass is 9.45. The number of aliphatic hydroxyl groups is 2. The molecule has 1 heterocycles. The Kier molecular flexibility index (Phi) is 5.93. The minimum Gasteiger partial charge on any atom is -0.390 e. The Morgan fingerprint density at radius 3 is 2.64 bits per heavy atom. The summed E-state index contributed by atoms with van der Waals surface area (Å²) >= 11 is 0. The van der Waals surface area contributed by atoms with E-state index in [9.17, 15) is 10.2 Å². The van der Waals surface area contributed by atoms with Crippen molar-refractivity contribution in [2.24, 2.45) is 40.9 Å². The van der Waals surface area contributed by atoms with Gasteiger partial charge in [-0.05, 0) is 112 Å². The van der Waals surface area contributed by atoms with Crippen LogP contribution in [0.5, 0.6) is 0 Å². The summed E-state index contributed by atoms with van der Waals surface area (Å²) < 4.78 is 1.75. The number of nitriles is 1. The molecule has 0 aromatic carbocycles. The number of aromatic nitrogens is 2. The maximum absolute atomic E-state index is 11.6. The number of fused-ring (bicyclic) bond motifs is 5. The molecule has 0 radical (unpaired) electrons. The Labute approximate surface area is 199 Å². The maximum Gasteiger partial charge on any atom is 0.102 e. The first-order valence-corrected chi connectivity index (χ1v) is 13.6. The van der Waals surface area contributed by atoms with Crippen LogP contribution in [0.4, 0.5) is 0 Å². The van der Waals surface area contributed by atoms with Gasteiger partial charge < -0.3 is 10.2 Å². The van der Waals surface area contributed by atoms with Gasteiger partial charge in [-0.15, -0.1) is 0 Å². The second kappa shape index (κ2) is 8.38. The molecular formula is C28H43N3O2. The topological polar surface area (TPSA) is 82.1 Å². The summed E-state index contributed by atoms with van der Waals surface area (Å²) in [6, 6.07) is 2.14. The molecule has 182 valence electrons. The maximum atomic E-state index is 11.6. The van der Waals surface area contributed by atoms with Crippen LogP contribution in [0.3, 0.4) is 0 Å². The van der Waals surface area contributed by atoms with Crippen molar-refractivity contribution < 1.29 is 10.2 Å². The lowest BCUT2D eigenvalue weighted by molar-refractivity contribution is -0.145. The minimum absolute atomic E-state index is 0.310. The summed E-state index contributed by atoms with van der Waals surface area (Å²) in [6.45, 7) is 7.22. The largest absolute Gasteiger partial charge is 0.390 e. The summed E-state index contributed by atoms with van der Waals surface area (Å²) in [4.78, 5) is 0. The van der Waals surface area contributed by atoms with Gasteiger partial charge in [0, 0.05) is 6.20 Å². The zero-order valence-electron chi connectivity index (χ0n) is 20.8.